The quantitative estimate of drug-likeness (QED) is 0.168. The topological polar surface area (TPSA) is 8.17 Å². The summed E-state index contributed by atoms with van der Waals surface area (Å²) < 4.78 is 7.68. The number of fused-ring (bicyclic) bond motifs is 14. The lowest BCUT2D eigenvalue weighted by Crippen LogP contribution is -2.17. The Kier molecular flexibility index (Phi) is 7.41. The zero-order valence-corrected chi connectivity index (χ0v) is 35.8. The minimum absolute atomic E-state index is 0.216. The number of aryl methyl sites for hydroxylation is 1. The molecule has 2 nitrogen and oxygen atoms in total. The molecule has 0 amide bonds. The van der Waals surface area contributed by atoms with Gasteiger partial charge >= 0.3 is 0 Å². The van der Waals surface area contributed by atoms with E-state index in [1.807, 2.05) is 22.7 Å². The van der Waals surface area contributed by atoms with Crippen LogP contribution >= 0.6 is 22.7 Å². The van der Waals surface area contributed by atoms with Crippen molar-refractivity contribution in [3.05, 3.63) is 198 Å². The van der Waals surface area contributed by atoms with Gasteiger partial charge in [-0.05, 0) is 112 Å². The van der Waals surface area contributed by atoms with Gasteiger partial charge in [0.05, 0.1) is 11.2 Å². The summed E-state index contributed by atoms with van der Waals surface area (Å²) in [6.07, 6.45) is 0.899. The van der Waals surface area contributed by atoms with Crippen LogP contribution in [0.4, 0.5) is 17.1 Å². The molecular formula is C57H40N2S2. The van der Waals surface area contributed by atoms with E-state index in [4.69, 9.17) is 0 Å². The van der Waals surface area contributed by atoms with Crippen LogP contribution in [0.5, 0.6) is 0 Å². The van der Waals surface area contributed by atoms with Gasteiger partial charge in [0.1, 0.15) is 0 Å². The van der Waals surface area contributed by atoms with Gasteiger partial charge in [0.15, 0.2) is 0 Å². The molecule has 3 aromatic heterocycles. The Balaban J connectivity index is 0.997. The molecule has 0 unspecified atom stereocenters. The van der Waals surface area contributed by atoms with Crippen LogP contribution in [0.15, 0.2) is 176 Å². The molecule has 61 heavy (non-hydrogen) atoms. The molecule has 0 aliphatic heterocycles. The predicted octanol–water partition coefficient (Wildman–Crippen LogP) is 16.6. The zero-order chi connectivity index (χ0) is 40.6. The first kappa shape index (κ1) is 35.1. The summed E-state index contributed by atoms with van der Waals surface area (Å²) in [6, 6.07) is 66.5. The summed E-state index contributed by atoms with van der Waals surface area (Å²) in [6.45, 7) is 4.86. The first-order chi connectivity index (χ1) is 29.9. The maximum Gasteiger partial charge on any atom is 0.0543 e. The predicted molar refractivity (Wildman–Crippen MR) is 265 cm³/mol. The molecule has 13 rings (SSSR count). The lowest BCUT2D eigenvalue weighted by atomic mass is 9.81. The summed E-state index contributed by atoms with van der Waals surface area (Å²) in [5.41, 5.74) is 13.9. The summed E-state index contributed by atoms with van der Waals surface area (Å²) >= 11 is 3.76. The number of nitrogens with zero attached hydrogens (tertiary/aromatic N) is 2. The van der Waals surface area contributed by atoms with Crippen molar-refractivity contribution in [2.45, 2.75) is 25.7 Å². The average molecular weight is 817 g/mol. The smallest absolute Gasteiger partial charge is 0.0543 e. The molecule has 0 fully saturated rings. The first-order valence-corrected chi connectivity index (χ1v) is 22.8. The lowest BCUT2D eigenvalue weighted by Gasteiger charge is -2.30. The number of hydrogen-bond donors (Lipinski definition) is 0. The van der Waals surface area contributed by atoms with Crippen molar-refractivity contribution >= 4 is 113 Å². The highest BCUT2D eigenvalue weighted by molar-refractivity contribution is 7.26. The summed E-state index contributed by atoms with van der Waals surface area (Å²) in [7, 11) is 2.20. The third-order valence-electron chi connectivity index (χ3n) is 13.6. The monoisotopic (exact) mass is 816 g/mol. The van der Waals surface area contributed by atoms with Gasteiger partial charge in [0, 0.05) is 85.9 Å². The third kappa shape index (κ3) is 5.13. The van der Waals surface area contributed by atoms with Crippen LogP contribution in [-0.4, -0.2) is 4.57 Å². The number of thiophene rings is 2. The molecule has 0 radical (unpaired) electrons. The molecule has 1 aliphatic rings. The van der Waals surface area contributed by atoms with Crippen molar-refractivity contribution < 1.29 is 0 Å². The maximum atomic E-state index is 2.53. The molecule has 0 bridgehead atoms. The van der Waals surface area contributed by atoms with Crippen LogP contribution in [0.3, 0.4) is 0 Å². The molecule has 9 aromatic carbocycles. The molecule has 1 aliphatic carbocycles. The van der Waals surface area contributed by atoms with E-state index in [0.717, 1.165) is 17.8 Å². The Morgan fingerprint density at radius 2 is 1.00 bits per heavy atom. The van der Waals surface area contributed by atoms with Gasteiger partial charge in [0.25, 0.3) is 0 Å². The second-order valence-corrected chi connectivity index (χ2v) is 19.5. The van der Waals surface area contributed by atoms with Crippen LogP contribution in [0.1, 0.15) is 36.1 Å². The molecule has 0 saturated heterocycles. The first-order valence-electron chi connectivity index (χ1n) is 21.2. The standard InChI is InChI=1S/C57H40N2S2/c1-57(2)47-30-35(28-34-21-26-54-45(29-34)41-14-7-10-18-52(41)60-54)20-24-44(47)56-43-16-5-4-13-39(43)51(33-48(56)57)59(36-23-27-55-46(31-36)42-15-8-11-19-53(42)61-55)37-22-25-40-38-12-6-9-17-49(38)58(3)50(40)32-37/h4-27,29-33H,28H2,1-3H3. The summed E-state index contributed by atoms with van der Waals surface area (Å²) in [5, 5.41) is 10.4. The van der Waals surface area contributed by atoms with Gasteiger partial charge < -0.3 is 9.47 Å². The zero-order valence-electron chi connectivity index (χ0n) is 34.2. The summed E-state index contributed by atoms with van der Waals surface area (Å²) in [5.74, 6) is 0. The SMILES string of the molecule is Cn1c2ccccc2c2ccc(N(c3ccc4sc5ccccc5c4c3)c3cc4c(c5ccccc35)-c3ccc(Cc5ccc6sc7ccccc7c6c5)cc3C4(C)C)cc21. The number of para-hydroxylation sites is 1. The number of benzene rings is 9. The Morgan fingerprint density at radius 3 is 1.77 bits per heavy atom. The van der Waals surface area contributed by atoms with E-state index >= 15 is 0 Å². The van der Waals surface area contributed by atoms with E-state index in [1.165, 1.54) is 112 Å². The minimum Gasteiger partial charge on any atom is -0.344 e. The molecular weight excluding hydrogens is 777 g/mol. The number of hydrogen-bond acceptors (Lipinski definition) is 3. The minimum atomic E-state index is -0.216. The molecule has 0 saturated carbocycles. The highest BCUT2D eigenvalue weighted by atomic mass is 32.1. The van der Waals surface area contributed by atoms with Crippen molar-refractivity contribution in [3.8, 4) is 11.1 Å². The van der Waals surface area contributed by atoms with Crippen molar-refractivity contribution in [1.82, 2.24) is 4.57 Å². The fourth-order valence-electron chi connectivity index (χ4n) is 10.6. The Bertz CT molecular complexity index is 3800. The van der Waals surface area contributed by atoms with E-state index in [2.05, 4.69) is 206 Å². The van der Waals surface area contributed by atoms with Crippen LogP contribution in [0.25, 0.3) is 84.0 Å². The highest BCUT2D eigenvalue weighted by Gasteiger charge is 2.38. The third-order valence-corrected chi connectivity index (χ3v) is 15.9. The van der Waals surface area contributed by atoms with Gasteiger partial charge in [-0.25, -0.2) is 0 Å². The molecule has 0 spiro atoms. The van der Waals surface area contributed by atoms with Gasteiger partial charge in [-0.2, -0.15) is 0 Å². The lowest BCUT2D eigenvalue weighted by molar-refractivity contribution is 0.660. The van der Waals surface area contributed by atoms with Crippen LogP contribution in [-0.2, 0) is 18.9 Å². The number of anilines is 3. The Labute approximate surface area is 362 Å². The van der Waals surface area contributed by atoms with Crippen LogP contribution < -0.4 is 4.90 Å². The van der Waals surface area contributed by atoms with E-state index in [-0.39, 0.29) is 5.41 Å². The Hall–Kier alpha value is -6.72. The van der Waals surface area contributed by atoms with Crippen LogP contribution in [0, 0.1) is 0 Å². The number of rotatable bonds is 5. The molecule has 290 valence electrons. The van der Waals surface area contributed by atoms with E-state index < -0.39 is 0 Å². The fourth-order valence-corrected chi connectivity index (χ4v) is 12.8. The van der Waals surface area contributed by atoms with E-state index in [1.54, 1.807) is 0 Å². The highest BCUT2D eigenvalue weighted by Crippen LogP contribution is 2.55. The summed E-state index contributed by atoms with van der Waals surface area (Å²) in [4.78, 5) is 2.53. The second kappa shape index (κ2) is 12.9. The maximum absolute atomic E-state index is 2.53. The van der Waals surface area contributed by atoms with E-state index in [0.29, 0.717) is 0 Å². The van der Waals surface area contributed by atoms with Crippen molar-refractivity contribution in [2.24, 2.45) is 7.05 Å². The molecule has 0 N–H and O–H groups in total. The fraction of sp³-hybridized carbons (Fsp3) is 0.0877. The average Bonchev–Trinajstić information content (AvgIpc) is 4.00. The van der Waals surface area contributed by atoms with Gasteiger partial charge in [-0.15, -0.1) is 22.7 Å². The van der Waals surface area contributed by atoms with Crippen LogP contribution in [0.2, 0.25) is 0 Å². The normalized spacial score (nSPS) is 13.4. The molecule has 12 aromatic rings. The molecule has 4 heteroatoms. The van der Waals surface area contributed by atoms with Gasteiger partial charge in [-0.3, -0.25) is 0 Å². The van der Waals surface area contributed by atoms with Crippen molar-refractivity contribution in [2.75, 3.05) is 4.90 Å². The largest absolute Gasteiger partial charge is 0.344 e. The van der Waals surface area contributed by atoms with Crippen molar-refractivity contribution in [3.63, 3.8) is 0 Å². The Morgan fingerprint density at radius 1 is 0.443 bits per heavy atom. The van der Waals surface area contributed by atoms with E-state index in [9.17, 15) is 0 Å². The van der Waals surface area contributed by atoms with Gasteiger partial charge in [0.2, 0.25) is 0 Å². The number of aromatic nitrogens is 1. The van der Waals surface area contributed by atoms with Crippen molar-refractivity contribution in [1.29, 1.82) is 0 Å². The second-order valence-electron chi connectivity index (χ2n) is 17.4. The molecule has 3 heterocycles. The van der Waals surface area contributed by atoms with Gasteiger partial charge in [-0.1, -0.05) is 123 Å². The molecule has 0 atom stereocenters.